The van der Waals surface area contributed by atoms with Crippen LogP contribution in [0.3, 0.4) is 0 Å². The van der Waals surface area contributed by atoms with Gasteiger partial charge in [-0.25, -0.2) is 4.79 Å². The van der Waals surface area contributed by atoms with Gasteiger partial charge in [-0.2, -0.15) is 0 Å². The first kappa shape index (κ1) is 18.2. The molecule has 0 radical (unpaired) electrons. The summed E-state index contributed by atoms with van der Waals surface area (Å²) in [6, 6.07) is 8.92. The van der Waals surface area contributed by atoms with Crippen molar-refractivity contribution in [2.45, 2.75) is 36.9 Å². The number of hydrogen-bond donors (Lipinski definition) is 0. The highest BCUT2D eigenvalue weighted by Gasteiger charge is 3.00. The highest BCUT2D eigenvalue weighted by Crippen LogP contribution is 2.91. The fourth-order valence-electron chi connectivity index (χ4n) is 7.37. The van der Waals surface area contributed by atoms with Crippen LogP contribution in [0.2, 0.25) is 0 Å². The Balaban J connectivity index is 1.46. The van der Waals surface area contributed by atoms with Crippen molar-refractivity contribution in [3.8, 4) is 0 Å². The Kier molecular flexibility index (Phi) is 3.38. The van der Waals surface area contributed by atoms with Gasteiger partial charge in [-0.15, -0.1) is 46.4 Å². The number of esters is 1. The molecule has 5 fully saturated rings. The molecule has 1 aromatic carbocycles. The zero-order chi connectivity index (χ0) is 19.1. The smallest absolute Gasteiger partial charge is 0.338 e. The predicted octanol–water partition coefficient (Wildman–Crippen LogP) is 5.47. The van der Waals surface area contributed by atoms with E-state index in [1.165, 1.54) is 0 Å². The molecule has 5 aliphatic rings. The van der Waals surface area contributed by atoms with Crippen LogP contribution in [-0.2, 0) is 4.74 Å². The first-order valence-electron chi connectivity index (χ1n) is 8.98. The normalized spacial score (nSPS) is 57.6. The van der Waals surface area contributed by atoms with E-state index in [9.17, 15) is 4.79 Å². The molecule has 10 atom stereocenters. The van der Waals surface area contributed by atoms with Crippen molar-refractivity contribution < 1.29 is 9.53 Å². The summed E-state index contributed by atoms with van der Waals surface area (Å²) in [5.74, 6) is -0.550. The molecule has 0 amide bonds. The van der Waals surface area contributed by atoms with E-state index in [1.54, 1.807) is 24.3 Å². The lowest BCUT2D eigenvalue weighted by atomic mass is 9.76. The number of hydrogen-bond acceptors (Lipinski definition) is 2. The molecule has 0 heterocycles. The SMILES string of the molecule is O=C(OC1C2CC3C1C1(Cl)C(Cl)C4(Cl)C2C3C1(Cl)C4(Cl)Cl)c1ccccc1. The zero-order valence-corrected chi connectivity index (χ0v) is 18.3. The third kappa shape index (κ3) is 1.53. The lowest BCUT2D eigenvalue weighted by Gasteiger charge is -2.41. The quantitative estimate of drug-likeness (QED) is 0.409. The maximum atomic E-state index is 12.7. The summed E-state index contributed by atoms with van der Waals surface area (Å²) in [6.07, 6.45) is 0.478. The number of ether oxygens (including phenoxy) is 1. The highest BCUT2D eigenvalue weighted by atomic mass is 35.5. The fraction of sp³-hybridized carbons (Fsp3) is 0.632. The standard InChI is InChI=1S/C19H14Cl6O2/c20-15-16(21)12-8-6-9(13(12)27-14(26)7-4-2-1-3-5-7)10-11(8)18(16,23)19(24,25)17(10,15)22/h1-5,8-13,15H,6H2. The van der Waals surface area contributed by atoms with Crippen LogP contribution >= 0.6 is 69.6 Å². The van der Waals surface area contributed by atoms with Gasteiger partial charge in [0.1, 0.15) is 15.9 Å². The van der Waals surface area contributed by atoms with Crippen molar-refractivity contribution in [2.24, 2.45) is 29.6 Å². The molecule has 5 saturated carbocycles. The molecular weight excluding hydrogens is 473 g/mol. The first-order valence-corrected chi connectivity index (χ1v) is 11.3. The number of carbonyl (C=O) groups excluding carboxylic acids is 1. The second kappa shape index (κ2) is 5.01. The number of fused-ring (bicyclic) bond motifs is 5. The third-order valence-electron chi connectivity index (χ3n) is 8.01. The number of benzene rings is 1. The summed E-state index contributed by atoms with van der Waals surface area (Å²) in [4.78, 5) is 9.33. The van der Waals surface area contributed by atoms with Gasteiger partial charge >= 0.3 is 5.97 Å². The molecule has 5 aliphatic carbocycles. The van der Waals surface area contributed by atoms with Crippen LogP contribution in [0, 0.1) is 29.6 Å². The van der Waals surface area contributed by atoms with Crippen LogP contribution in [-0.4, -0.2) is 36.4 Å². The Morgan fingerprint density at radius 3 is 2.26 bits per heavy atom. The van der Waals surface area contributed by atoms with Gasteiger partial charge in [-0.3, -0.25) is 0 Å². The molecule has 144 valence electrons. The van der Waals surface area contributed by atoms with Gasteiger partial charge < -0.3 is 4.74 Å². The van der Waals surface area contributed by atoms with Gasteiger partial charge in [0.25, 0.3) is 0 Å². The van der Waals surface area contributed by atoms with Gasteiger partial charge in [0.2, 0.25) is 0 Å². The van der Waals surface area contributed by atoms with E-state index in [-0.39, 0.29) is 41.7 Å². The largest absolute Gasteiger partial charge is 0.458 e. The molecule has 4 bridgehead atoms. The van der Waals surface area contributed by atoms with Crippen molar-refractivity contribution in [1.82, 2.24) is 0 Å². The van der Waals surface area contributed by atoms with Crippen LogP contribution in [0.15, 0.2) is 30.3 Å². The molecule has 1 aromatic rings. The lowest BCUT2D eigenvalue weighted by molar-refractivity contribution is -0.0129. The van der Waals surface area contributed by atoms with Gasteiger partial charge in [0.15, 0.2) is 4.33 Å². The Morgan fingerprint density at radius 2 is 1.59 bits per heavy atom. The van der Waals surface area contributed by atoms with E-state index >= 15 is 0 Å². The Bertz CT molecular complexity index is 878. The summed E-state index contributed by atoms with van der Waals surface area (Å²) >= 11 is 41.8. The minimum atomic E-state index is -1.44. The number of carbonyl (C=O) groups is 1. The number of rotatable bonds is 2. The second-order valence-electron chi connectivity index (χ2n) is 8.56. The van der Waals surface area contributed by atoms with E-state index in [0.717, 1.165) is 6.42 Å². The summed E-state index contributed by atoms with van der Waals surface area (Å²) in [5.41, 5.74) is 0.503. The molecule has 6 rings (SSSR count). The summed E-state index contributed by atoms with van der Waals surface area (Å²) in [6.45, 7) is 0. The molecule has 2 nitrogen and oxygen atoms in total. The summed E-state index contributed by atoms with van der Waals surface area (Å²) in [5, 5.41) is -0.708. The van der Waals surface area contributed by atoms with Crippen LogP contribution in [0.4, 0.5) is 0 Å². The highest BCUT2D eigenvalue weighted by molar-refractivity contribution is 6.63. The maximum Gasteiger partial charge on any atom is 0.338 e. The minimum absolute atomic E-state index is 0.0111. The monoisotopic (exact) mass is 484 g/mol. The second-order valence-corrected chi connectivity index (χ2v) is 12.2. The maximum absolute atomic E-state index is 12.7. The Morgan fingerprint density at radius 1 is 0.926 bits per heavy atom. The van der Waals surface area contributed by atoms with Gasteiger partial charge in [0.05, 0.1) is 15.8 Å². The minimum Gasteiger partial charge on any atom is -0.458 e. The first-order chi connectivity index (χ1) is 12.6. The van der Waals surface area contributed by atoms with Gasteiger partial charge in [0, 0.05) is 11.8 Å². The summed E-state index contributed by atoms with van der Waals surface area (Å²) < 4.78 is 4.56. The molecule has 0 aliphatic heterocycles. The van der Waals surface area contributed by atoms with Crippen LogP contribution in [0.5, 0.6) is 0 Å². The van der Waals surface area contributed by atoms with Gasteiger partial charge in [-0.1, -0.05) is 41.4 Å². The average Bonchev–Trinajstić information content (AvgIpc) is 3.28. The topological polar surface area (TPSA) is 26.3 Å². The van der Waals surface area contributed by atoms with Crippen molar-refractivity contribution in [1.29, 1.82) is 0 Å². The average molecular weight is 487 g/mol. The van der Waals surface area contributed by atoms with Crippen molar-refractivity contribution in [3.05, 3.63) is 35.9 Å². The summed E-state index contributed by atoms with van der Waals surface area (Å²) in [7, 11) is 0. The van der Waals surface area contributed by atoms with E-state index in [1.807, 2.05) is 6.07 Å². The van der Waals surface area contributed by atoms with E-state index in [2.05, 4.69) is 0 Å². The number of halogens is 6. The van der Waals surface area contributed by atoms with Crippen LogP contribution in [0.25, 0.3) is 0 Å². The van der Waals surface area contributed by atoms with Crippen molar-refractivity contribution >= 4 is 75.6 Å². The van der Waals surface area contributed by atoms with Crippen molar-refractivity contribution in [2.75, 3.05) is 0 Å². The van der Waals surface area contributed by atoms with E-state index < -0.39 is 24.3 Å². The molecule has 0 aromatic heterocycles. The molecule has 27 heavy (non-hydrogen) atoms. The van der Waals surface area contributed by atoms with E-state index in [0.29, 0.717) is 5.56 Å². The van der Waals surface area contributed by atoms with Gasteiger partial charge in [-0.05, 0) is 36.3 Å². The predicted molar refractivity (Wildman–Crippen MR) is 108 cm³/mol. The molecule has 0 spiro atoms. The van der Waals surface area contributed by atoms with Crippen LogP contribution in [0.1, 0.15) is 16.8 Å². The van der Waals surface area contributed by atoms with Crippen molar-refractivity contribution in [3.63, 3.8) is 0 Å². The molecular formula is C19H14Cl6O2. The Hall–Kier alpha value is 0.430. The zero-order valence-electron chi connectivity index (χ0n) is 13.7. The number of alkyl halides is 6. The molecule has 10 unspecified atom stereocenters. The Labute approximate surface area is 186 Å². The molecule has 0 N–H and O–H groups in total. The molecule has 8 heteroatoms. The fourth-order valence-corrected chi connectivity index (χ4v) is 11.4. The van der Waals surface area contributed by atoms with E-state index in [4.69, 9.17) is 74.3 Å². The third-order valence-corrected chi connectivity index (χ3v) is 13.0. The lowest BCUT2D eigenvalue weighted by Crippen LogP contribution is -2.54. The molecule has 0 saturated heterocycles. The van der Waals surface area contributed by atoms with Crippen LogP contribution < -0.4 is 0 Å².